The van der Waals surface area contributed by atoms with Crippen LogP contribution in [0, 0.1) is 34.4 Å². The van der Waals surface area contributed by atoms with E-state index in [0.29, 0.717) is 29.7 Å². The zero-order valence-corrected chi connectivity index (χ0v) is 20.0. The van der Waals surface area contributed by atoms with Gasteiger partial charge in [0.1, 0.15) is 17.5 Å². The first-order chi connectivity index (χ1) is 15.6. The fraction of sp³-hybridized carbons (Fsp3) is 0.679. The molecule has 5 rings (SSSR count). The van der Waals surface area contributed by atoms with Gasteiger partial charge in [0.05, 0.1) is 11.7 Å². The average Bonchev–Trinajstić information content (AvgIpc) is 3.06. The Morgan fingerprint density at radius 2 is 1.79 bits per heavy atom. The van der Waals surface area contributed by atoms with Gasteiger partial charge in [0, 0.05) is 5.41 Å². The van der Waals surface area contributed by atoms with Crippen LogP contribution in [-0.2, 0) is 4.74 Å². The van der Waals surface area contributed by atoms with Crippen molar-refractivity contribution in [1.82, 2.24) is 0 Å². The number of carbonyl (C=O) groups is 1. The second kappa shape index (κ2) is 7.91. The number of hydrogen-bond donors (Lipinski definition) is 2. The minimum absolute atomic E-state index is 0.158. The van der Waals surface area contributed by atoms with E-state index in [1.807, 2.05) is 6.92 Å². The van der Waals surface area contributed by atoms with E-state index in [1.165, 1.54) is 29.8 Å². The first-order valence-electron chi connectivity index (χ1n) is 12.6. The third-order valence-corrected chi connectivity index (χ3v) is 10.3. The van der Waals surface area contributed by atoms with Crippen molar-refractivity contribution in [2.75, 3.05) is 0 Å². The van der Waals surface area contributed by atoms with Crippen molar-refractivity contribution in [3.63, 3.8) is 0 Å². The van der Waals surface area contributed by atoms with E-state index in [2.05, 4.69) is 19.9 Å². The van der Waals surface area contributed by atoms with Crippen LogP contribution in [0.4, 0.5) is 4.39 Å². The van der Waals surface area contributed by atoms with Crippen molar-refractivity contribution >= 4 is 5.97 Å². The van der Waals surface area contributed by atoms with Crippen molar-refractivity contribution < 1.29 is 24.1 Å². The highest BCUT2D eigenvalue weighted by Gasteiger charge is 2.65. The molecule has 4 nitrogen and oxygen atoms in total. The van der Waals surface area contributed by atoms with E-state index < -0.39 is 23.5 Å². The largest absolute Gasteiger partial charge is 0.456 e. The molecular weight excluding hydrogens is 419 g/mol. The van der Waals surface area contributed by atoms with Crippen LogP contribution in [0.2, 0.25) is 0 Å². The molecule has 0 aliphatic heterocycles. The van der Waals surface area contributed by atoms with Crippen LogP contribution in [-0.4, -0.2) is 34.0 Å². The summed E-state index contributed by atoms with van der Waals surface area (Å²) in [5.74, 6) is 0.570. The first-order valence-corrected chi connectivity index (χ1v) is 12.6. The highest BCUT2D eigenvalue weighted by Crippen LogP contribution is 2.67. The Hall–Kier alpha value is -1.72. The summed E-state index contributed by atoms with van der Waals surface area (Å²) in [6, 6.07) is 5.35. The number of ether oxygens (including phenoxy) is 1. The van der Waals surface area contributed by atoms with Crippen LogP contribution < -0.4 is 0 Å². The smallest absolute Gasteiger partial charge is 0.338 e. The molecule has 33 heavy (non-hydrogen) atoms. The summed E-state index contributed by atoms with van der Waals surface area (Å²) in [6.45, 7) is 6.41. The highest BCUT2D eigenvalue weighted by atomic mass is 19.1. The minimum atomic E-state index is -1.08. The molecule has 0 radical (unpaired) electrons. The van der Waals surface area contributed by atoms with Crippen molar-refractivity contribution in [3.8, 4) is 0 Å². The maximum absolute atomic E-state index is 13.2. The molecule has 2 N–H and O–H groups in total. The number of aliphatic hydroxyl groups excluding tert-OH is 1. The molecule has 3 saturated carbocycles. The number of esters is 1. The highest BCUT2D eigenvalue weighted by molar-refractivity contribution is 5.89. The fourth-order valence-electron chi connectivity index (χ4n) is 8.27. The lowest BCUT2D eigenvalue weighted by Crippen LogP contribution is -2.58. The SMILES string of the molecule is C[C@@H](OC(=O)c1ccc(F)cc1)[C@@]1(O)CC[C@H]2[C@@H]3CC=C4C[C@@H](O)CC[C@]4(C)[C@H]3CC[C@@]21C. The third kappa shape index (κ3) is 3.41. The average molecular weight is 457 g/mol. The monoisotopic (exact) mass is 456 g/mol. The summed E-state index contributed by atoms with van der Waals surface area (Å²) in [7, 11) is 0. The van der Waals surface area contributed by atoms with Crippen molar-refractivity contribution in [3.05, 3.63) is 47.3 Å². The van der Waals surface area contributed by atoms with E-state index in [1.54, 1.807) is 0 Å². The number of allylic oxidation sites excluding steroid dienone is 1. The van der Waals surface area contributed by atoms with Gasteiger partial charge in [-0.25, -0.2) is 9.18 Å². The number of aliphatic hydroxyl groups is 2. The molecular formula is C28H37FO4. The molecule has 0 amide bonds. The van der Waals surface area contributed by atoms with Gasteiger partial charge in [-0.3, -0.25) is 0 Å². The molecule has 5 heteroatoms. The van der Waals surface area contributed by atoms with E-state index in [-0.39, 0.29) is 16.9 Å². The Morgan fingerprint density at radius 1 is 1.09 bits per heavy atom. The summed E-state index contributed by atoms with van der Waals surface area (Å²) < 4.78 is 19.0. The summed E-state index contributed by atoms with van der Waals surface area (Å²) in [5.41, 5.74) is 0.511. The summed E-state index contributed by atoms with van der Waals surface area (Å²) in [6.07, 6.45) is 8.83. The Balaban J connectivity index is 1.37. The predicted molar refractivity (Wildman–Crippen MR) is 124 cm³/mol. The summed E-state index contributed by atoms with van der Waals surface area (Å²) >= 11 is 0. The quantitative estimate of drug-likeness (QED) is 0.470. The number of hydrogen-bond acceptors (Lipinski definition) is 4. The number of fused-ring (bicyclic) bond motifs is 5. The molecule has 0 bridgehead atoms. The Kier molecular flexibility index (Phi) is 5.52. The zero-order valence-electron chi connectivity index (χ0n) is 20.0. The number of rotatable bonds is 3. The van der Waals surface area contributed by atoms with Gasteiger partial charge in [-0.2, -0.15) is 0 Å². The molecule has 4 aliphatic rings. The first kappa shape index (κ1) is 23.0. The molecule has 0 unspecified atom stereocenters. The van der Waals surface area contributed by atoms with Gasteiger partial charge in [-0.15, -0.1) is 0 Å². The lowest BCUT2D eigenvalue weighted by atomic mass is 9.46. The number of halogens is 1. The van der Waals surface area contributed by atoms with Crippen molar-refractivity contribution in [1.29, 1.82) is 0 Å². The molecule has 0 aromatic heterocycles. The predicted octanol–water partition coefficient (Wildman–Crippen LogP) is 5.43. The second-order valence-electron chi connectivity index (χ2n) is 11.6. The molecule has 0 saturated heterocycles. The van der Waals surface area contributed by atoms with Crippen LogP contribution in [0.15, 0.2) is 35.9 Å². The molecule has 8 atom stereocenters. The van der Waals surface area contributed by atoms with Gasteiger partial charge < -0.3 is 14.9 Å². The normalized spacial score (nSPS) is 43.0. The lowest BCUT2D eigenvalue weighted by molar-refractivity contribution is -0.171. The Labute approximate surface area is 196 Å². The number of carbonyl (C=O) groups excluding carboxylic acids is 1. The summed E-state index contributed by atoms with van der Waals surface area (Å²) in [5, 5.41) is 22.2. The van der Waals surface area contributed by atoms with E-state index in [0.717, 1.165) is 44.9 Å². The van der Waals surface area contributed by atoms with E-state index in [9.17, 15) is 19.4 Å². The maximum Gasteiger partial charge on any atom is 0.338 e. The van der Waals surface area contributed by atoms with Crippen LogP contribution in [0.25, 0.3) is 0 Å². The minimum Gasteiger partial charge on any atom is -0.456 e. The van der Waals surface area contributed by atoms with Gasteiger partial charge in [0.2, 0.25) is 0 Å². The molecule has 180 valence electrons. The Bertz CT molecular complexity index is 957. The Morgan fingerprint density at radius 3 is 2.52 bits per heavy atom. The van der Waals surface area contributed by atoms with Crippen LogP contribution in [0.1, 0.15) is 82.5 Å². The summed E-state index contributed by atoms with van der Waals surface area (Å²) in [4.78, 5) is 12.7. The maximum atomic E-state index is 13.2. The van der Waals surface area contributed by atoms with E-state index in [4.69, 9.17) is 4.74 Å². The van der Waals surface area contributed by atoms with Crippen molar-refractivity contribution in [2.24, 2.45) is 28.6 Å². The zero-order chi connectivity index (χ0) is 23.6. The topological polar surface area (TPSA) is 66.8 Å². The van der Waals surface area contributed by atoms with Crippen LogP contribution >= 0.6 is 0 Å². The van der Waals surface area contributed by atoms with Gasteiger partial charge in [-0.1, -0.05) is 25.5 Å². The number of benzene rings is 1. The molecule has 1 aromatic carbocycles. The molecule has 0 heterocycles. The van der Waals surface area contributed by atoms with Gasteiger partial charge in [0.15, 0.2) is 0 Å². The van der Waals surface area contributed by atoms with Crippen molar-refractivity contribution in [2.45, 2.75) is 89.9 Å². The second-order valence-corrected chi connectivity index (χ2v) is 11.6. The van der Waals surface area contributed by atoms with E-state index >= 15 is 0 Å². The van der Waals surface area contributed by atoms with Crippen LogP contribution in [0.5, 0.6) is 0 Å². The lowest BCUT2D eigenvalue weighted by Gasteiger charge is -2.59. The molecule has 4 aliphatic carbocycles. The van der Waals surface area contributed by atoms with Crippen LogP contribution in [0.3, 0.4) is 0 Å². The molecule has 3 fully saturated rings. The van der Waals surface area contributed by atoms with Gasteiger partial charge >= 0.3 is 5.97 Å². The van der Waals surface area contributed by atoms with Gasteiger partial charge in [-0.05, 0) is 106 Å². The third-order valence-electron chi connectivity index (χ3n) is 10.3. The standard InChI is InChI=1S/C28H37FO4/c1-17(33-25(31)18-4-7-20(29)8-5-18)28(32)15-12-24-22-9-6-19-16-21(30)10-13-26(19,2)23(22)11-14-27(24,28)3/h4-8,17,21-24,30,32H,9-16H2,1-3H3/t17-,21+,22-,23+,24+,26+,27+,28+/m1/s1. The fourth-order valence-corrected chi connectivity index (χ4v) is 8.27. The van der Waals surface area contributed by atoms with Gasteiger partial charge in [0.25, 0.3) is 0 Å². The molecule has 1 aromatic rings. The molecule has 0 spiro atoms.